The highest BCUT2D eigenvalue weighted by atomic mass is 16.5. The summed E-state index contributed by atoms with van der Waals surface area (Å²) in [6, 6.07) is 3.60. The summed E-state index contributed by atoms with van der Waals surface area (Å²) in [5.74, 6) is -0.292. The lowest BCUT2D eigenvalue weighted by molar-refractivity contribution is 0.0690. The van der Waals surface area contributed by atoms with Gasteiger partial charge in [0.05, 0.1) is 26.4 Å². The van der Waals surface area contributed by atoms with Gasteiger partial charge in [0.15, 0.2) is 5.69 Å². The molecule has 0 spiro atoms. The van der Waals surface area contributed by atoms with Gasteiger partial charge in [0.25, 0.3) is 0 Å². The zero-order chi connectivity index (χ0) is 14.7. The second-order valence-electron chi connectivity index (χ2n) is 5.07. The van der Waals surface area contributed by atoms with E-state index in [1.54, 1.807) is 6.07 Å². The number of nitrogens with zero attached hydrogens (tertiary/aromatic N) is 3. The molecule has 3 heterocycles. The molecule has 2 saturated heterocycles. The second-order valence-corrected chi connectivity index (χ2v) is 5.07. The minimum atomic E-state index is -1.00. The van der Waals surface area contributed by atoms with Crippen LogP contribution in [-0.2, 0) is 9.47 Å². The number of carboxylic acids is 1. The second kappa shape index (κ2) is 6.28. The molecule has 1 aromatic rings. The number of aromatic carboxylic acids is 1. The molecule has 7 nitrogen and oxygen atoms in total. The normalized spacial score (nSPS) is 19.6. The Morgan fingerprint density at radius 1 is 1.00 bits per heavy atom. The van der Waals surface area contributed by atoms with Crippen LogP contribution in [0.5, 0.6) is 0 Å². The van der Waals surface area contributed by atoms with E-state index in [1.807, 2.05) is 6.07 Å². The Morgan fingerprint density at radius 2 is 1.57 bits per heavy atom. The quantitative estimate of drug-likeness (QED) is 0.867. The van der Waals surface area contributed by atoms with E-state index in [2.05, 4.69) is 14.8 Å². The average Bonchev–Trinajstić information content (AvgIpc) is 2.56. The van der Waals surface area contributed by atoms with Crippen LogP contribution in [0.4, 0.5) is 11.5 Å². The summed E-state index contributed by atoms with van der Waals surface area (Å²) in [6.45, 7) is 5.63. The zero-order valence-corrected chi connectivity index (χ0v) is 11.8. The lowest BCUT2D eigenvalue weighted by atomic mass is 10.2. The first-order valence-electron chi connectivity index (χ1n) is 7.15. The molecule has 21 heavy (non-hydrogen) atoms. The fourth-order valence-electron chi connectivity index (χ4n) is 2.57. The maximum atomic E-state index is 11.3. The van der Waals surface area contributed by atoms with Gasteiger partial charge in [-0.25, -0.2) is 9.78 Å². The number of anilines is 2. The summed E-state index contributed by atoms with van der Waals surface area (Å²) in [6.07, 6.45) is 0. The van der Waals surface area contributed by atoms with E-state index in [9.17, 15) is 9.90 Å². The van der Waals surface area contributed by atoms with Crippen molar-refractivity contribution in [3.63, 3.8) is 0 Å². The first-order valence-corrected chi connectivity index (χ1v) is 7.15. The molecule has 0 saturated carbocycles. The van der Waals surface area contributed by atoms with Crippen LogP contribution in [-0.4, -0.2) is 68.7 Å². The van der Waals surface area contributed by atoms with Crippen LogP contribution in [0.2, 0.25) is 0 Å². The van der Waals surface area contributed by atoms with E-state index in [0.717, 1.165) is 31.9 Å². The van der Waals surface area contributed by atoms with Gasteiger partial charge in [0.2, 0.25) is 0 Å². The topological polar surface area (TPSA) is 75.1 Å². The van der Waals surface area contributed by atoms with Crippen LogP contribution in [0, 0.1) is 0 Å². The summed E-state index contributed by atoms with van der Waals surface area (Å²) in [4.78, 5) is 19.8. The summed E-state index contributed by atoms with van der Waals surface area (Å²) in [5, 5.41) is 9.28. The van der Waals surface area contributed by atoms with Crippen molar-refractivity contribution in [2.45, 2.75) is 0 Å². The summed E-state index contributed by atoms with van der Waals surface area (Å²) in [5.41, 5.74) is 0.979. The van der Waals surface area contributed by atoms with Gasteiger partial charge in [-0.15, -0.1) is 0 Å². The van der Waals surface area contributed by atoms with E-state index in [-0.39, 0.29) is 5.69 Å². The van der Waals surface area contributed by atoms with E-state index >= 15 is 0 Å². The van der Waals surface area contributed by atoms with Gasteiger partial charge in [-0.3, -0.25) is 0 Å². The van der Waals surface area contributed by atoms with Gasteiger partial charge >= 0.3 is 5.97 Å². The Morgan fingerprint density at radius 3 is 2.14 bits per heavy atom. The monoisotopic (exact) mass is 293 g/mol. The Hall–Kier alpha value is -1.86. The maximum absolute atomic E-state index is 11.3. The molecule has 3 rings (SSSR count). The number of carboxylic acid groups (broad SMARTS) is 1. The molecule has 0 unspecified atom stereocenters. The number of hydrogen-bond acceptors (Lipinski definition) is 6. The Labute approximate surface area is 123 Å². The van der Waals surface area contributed by atoms with Gasteiger partial charge in [-0.05, 0) is 6.07 Å². The minimum Gasteiger partial charge on any atom is -0.477 e. The van der Waals surface area contributed by atoms with E-state index < -0.39 is 5.97 Å². The van der Waals surface area contributed by atoms with E-state index in [1.165, 1.54) is 0 Å². The Balaban J connectivity index is 1.91. The van der Waals surface area contributed by atoms with Crippen molar-refractivity contribution in [2.75, 3.05) is 62.4 Å². The number of ether oxygens (including phenoxy) is 2. The lowest BCUT2D eigenvalue weighted by Crippen LogP contribution is -2.38. The van der Waals surface area contributed by atoms with Crippen LogP contribution < -0.4 is 9.80 Å². The van der Waals surface area contributed by atoms with Crippen molar-refractivity contribution in [1.82, 2.24) is 4.98 Å². The molecule has 2 aliphatic rings. The average molecular weight is 293 g/mol. The fraction of sp³-hybridized carbons (Fsp3) is 0.571. The highest BCUT2D eigenvalue weighted by molar-refractivity contribution is 5.87. The van der Waals surface area contributed by atoms with Crippen molar-refractivity contribution in [3.05, 3.63) is 17.8 Å². The van der Waals surface area contributed by atoms with Gasteiger partial charge in [0, 0.05) is 37.9 Å². The number of carbonyl (C=O) groups is 1. The standard InChI is InChI=1S/C14H19N3O4/c18-14(19)12-9-11(16-1-5-20-6-2-16)10-13(15-12)17-3-7-21-8-4-17/h9-10H,1-8H2,(H,18,19). The maximum Gasteiger partial charge on any atom is 0.354 e. The molecule has 2 fully saturated rings. The van der Waals surface area contributed by atoms with Crippen LogP contribution in [0.1, 0.15) is 10.5 Å². The van der Waals surface area contributed by atoms with Crippen molar-refractivity contribution in [3.8, 4) is 0 Å². The van der Waals surface area contributed by atoms with Gasteiger partial charge in [0.1, 0.15) is 5.82 Å². The molecule has 7 heteroatoms. The van der Waals surface area contributed by atoms with Crippen molar-refractivity contribution >= 4 is 17.5 Å². The molecule has 1 N–H and O–H groups in total. The first kappa shape index (κ1) is 14.1. The molecule has 0 atom stereocenters. The van der Waals surface area contributed by atoms with Crippen LogP contribution in [0.25, 0.3) is 0 Å². The molecule has 0 aromatic carbocycles. The fourth-order valence-corrected chi connectivity index (χ4v) is 2.57. The smallest absolute Gasteiger partial charge is 0.354 e. The van der Waals surface area contributed by atoms with Crippen LogP contribution >= 0.6 is 0 Å². The van der Waals surface area contributed by atoms with Crippen LogP contribution in [0.3, 0.4) is 0 Å². The van der Waals surface area contributed by atoms with Gasteiger partial charge in [-0.1, -0.05) is 0 Å². The van der Waals surface area contributed by atoms with Crippen LogP contribution in [0.15, 0.2) is 12.1 Å². The molecule has 0 aliphatic carbocycles. The zero-order valence-electron chi connectivity index (χ0n) is 11.8. The number of rotatable bonds is 3. The largest absolute Gasteiger partial charge is 0.477 e. The lowest BCUT2D eigenvalue weighted by Gasteiger charge is -2.32. The highest BCUT2D eigenvalue weighted by Gasteiger charge is 2.19. The molecule has 0 bridgehead atoms. The summed E-state index contributed by atoms with van der Waals surface area (Å²) < 4.78 is 10.7. The van der Waals surface area contributed by atoms with E-state index in [0.29, 0.717) is 32.2 Å². The SMILES string of the molecule is O=C(O)c1cc(N2CCOCC2)cc(N2CCOCC2)n1. The van der Waals surface area contributed by atoms with Crippen molar-refractivity contribution < 1.29 is 19.4 Å². The van der Waals surface area contributed by atoms with Gasteiger partial charge in [-0.2, -0.15) is 0 Å². The molecule has 114 valence electrons. The molecule has 2 aliphatic heterocycles. The van der Waals surface area contributed by atoms with Crippen molar-refractivity contribution in [2.24, 2.45) is 0 Å². The summed E-state index contributed by atoms with van der Waals surface area (Å²) in [7, 11) is 0. The molecular formula is C14H19N3O4. The predicted molar refractivity (Wildman–Crippen MR) is 77.3 cm³/mol. The molecule has 0 amide bonds. The number of hydrogen-bond donors (Lipinski definition) is 1. The molecule has 1 aromatic heterocycles. The summed E-state index contributed by atoms with van der Waals surface area (Å²) >= 11 is 0. The predicted octanol–water partition coefficient (Wildman–Crippen LogP) is 0.453. The third-order valence-corrected chi connectivity index (χ3v) is 3.73. The third kappa shape index (κ3) is 3.25. The van der Waals surface area contributed by atoms with Crippen molar-refractivity contribution in [1.29, 1.82) is 0 Å². The number of morpholine rings is 2. The van der Waals surface area contributed by atoms with E-state index in [4.69, 9.17) is 9.47 Å². The highest BCUT2D eigenvalue weighted by Crippen LogP contribution is 2.24. The number of pyridine rings is 1. The minimum absolute atomic E-state index is 0.0838. The Kier molecular flexibility index (Phi) is 4.21. The first-order chi connectivity index (χ1) is 10.2. The number of aromatic nitrogens is 1. The third-order valence-electron chi connectivity index (χ3n) is 3.73. The molecule has 0 radical (unpaired) electrons. The van der Waals surface area contributed by atoms with Gasteiger partial charge < -0.3 is 24.4 Å². The molecular weight excluding hydrogens is 274 g/mol. The Bertz CT molecular complexity index is 475.